The number of unbranched alkanes of at least 4 members (excludes halogenated alkanes) is 51. The predicted octanol–water partition coefficient (Wildman–Crippen LogP) is 25.1. The maximum Gasteiger partial charge on any atom is 0.472 e. The minimum Gasteiger partial charge on any atom is -0.462 e. The van der Waals surface area contributed by atoms with Crippen molar-refractivity contribution in [1.82, 2.24) is 0 Å². The summed E-state index contributed by atoms with van der Waals surface area (Å²) in [7, 11) is -9.92. The van der Waals surface area contributed by atoms with Gasteiger partial charge in [0, 0.05) is 25.7 Å². The van der Waals surface area contributed by atoms with Gasteiger partial charge in [0.1, 0.15) is 19.3 Å². The van der Waals surface area contributed by atoms with Gasteiger partial charge >= 0.3 is 39.5 Å². The molecule has 0 heterocycles. The largest absolute Gasteiger partial charge is 0.472 e. The van der Waals surface area contributed by atoms with Crippen molar-refractivity contribution in [3.05, 3.63) is 0 Å². The summed E-state index contributed by atoms with van der Waals surface area (Å²) in [6.07, 6.45) is 65.2. The van der Waals surface area contributed by atoms with Crippen molar-refractivity contribution in [3.8, 4) is 0 Å². The average Bonchev–Trinajstić information content (AvgIpc) is 0.919. The summed E-state index contributed by atoms with van der Waals surface area (Å²) in [6.45, 7) is 9.65. The molecule has 0 aliphatic heterocycles. The predicted molar refractivity (Wildman–Crippen MR) is 418 cm³/mol. The highest BCUT2D eigenvalue weighted by Crippen LogP contribution is 2.45. The lowest BCUT2D eigenvalue weighted by Gasteiger charge is -2.21. The van der Waals surface area contributed by atoms with Crippen LogP contribution < -0.4 is 0 Å². The molecule has 17 nitrogen and oxygen atoms in total. The molecule has 102 heavy (non-hydrogen) atoms. The van der Waals surface area contributed by atoms with Crippen molar-refractivity contribution in [1.29, 1.82) is 0 Å². The molecule has 0 amide bonds. The lowest BCUT2D eigenvalue weighted by atomic mass is 9.99. The molecule has 0 bridgehead atoms. The highest BCUT2D eigenvalue weighted by atomic mass is 31.2. The number of esters is 4. The summed E-state index contributed by atoms with van der Waals surface area (Å²) in [4.78, 5) is 73.1. The second kappa shape index (κ2) is 74.5. The van der Waals surface area contributed by atoms with Crippen LogP contribution in [0.15, 0.2) is 0 Å². The molecular formula is C83H162O17P2. The molecule has 0 fully saturated rings. The molecule has 3 N–H and O–H groups in total. The molecule has 606 valence electrons. The van der Waals surface area contributed by atoms with Gasteiger partial charge in [-0.2, -0.15) is 0 Å². The Morgan fingerprint density at radius 2 is 0.500 bits per heavy atom. The van der Waals surface area contributed by atoms with Gasteiger partial charge in [-0.15, -0.1) is 0 Å². The summed E-state index contributed by atoms with van der Waals surface area (Å²) < 4.78 is 68.8. The van der Waals surface area contributed by atoms with Crippen LogP contribution in [0.2, 0.25) is 0 Å². The Labute approximate surface area is 626 Å². The van der Waals surface area contributed by atoms with E-state index in [2.05, 4.69) is 41.5 Å². The second-order valence-electron chi connectivity index (χ2n) is 30.6. The Morgan fingerprint density at radius 3 is 0.745 bits per heavy atom. The summed E-state index contributed by atoms with van der Waals surface area (Å²) >= 11 is 0. The van der Waals surface area contributed by atoms with E-state index in [-0.39, 0.29) is 25.7 Å². The molecule has 0 radical (unpaired) electrons. The summed E-state index contributed by atoms with van der Waals surface area (Å²) in [5, 5.41) is 10.7. The van der Waals surface area contributed by atoms with E-state index < -0.39 is 97.5 Å². The van der Waals surface area contributed by atoms with E-state index in [1.807, 2.05) is 0 Å². The third-order valence-corrected chi connectivity index (χ3v) is 21.7. The lowest BCUT2D eigenvalue weighted by Crippen LogP contribution is -2.30. The number of phosphoric acid groups is 2. The molecule has 0 aromatic heterocycles. The van der Waals surface area contributed by atoms with E-state index >= 15 is 0 Å². The summed E-state index contributed by atoms with van der Waals surface area (Å²) in [5.74, 6) is -0.551. The van der Waals surface area contributed by atoms with E-state index in [1.54, 1.807) is 0 Å². The number of carbonyl (C=O) groups is 4. The molecule has 0 aromatic carbocycles. The van der Waals surface area contributed by atoms with Crippen LogP contribution in [0.3, 0.4) is 0 Å². The first-order valence-corrected chi connectivity index (χ1v) is 46.0. The van der Waals surface area contributed by atoms with E-state index in [9.17, 15) is 43.2 Å². The number of phosphoric ester groups is 2. The molecule has 0 saturated carbocycles. The Balaban J connectivity index is 5.24. The minimum absolute atomic E-state index is 0.108. The normalized spacial score (nSPS) is 14.1. The zero-order valence-electron chi connectivity index (χ0n) is 66.9. The molecule has 0 aromatic rings. The molecule has 0 saturated heterocycles. The Kier molecular flexibility index (Phi) is 73.1. The SMILES string of the molecule is CCCCCCCCCCCCCCCCCCCCCC(=O)O[C@H](COC(=O)CCCCCCCCCCCCCCCCC(C)CC)COP(=O)(O)OC[C@@H](O)COP(=O)(O)OC[C@@H](COC(=O)CCCCCCCCCC(C)C)OC(=O)CCCCCCCCCCCCCCCCC. The first-order chi connectivity index (χ1) is 49.4. The number of hydrogen-bond acceptors (Lipinski definition) is 15. The van der Waals surface area contributed by atoms with Crippen LogP contribution in [0, 0.1) is 11.8 Å². The smallest absolute Gasteiger partial charge is 0.462 e. The first-order valence-electron chi connectivity index (χ1n) is 43.0. The molecule has 0 rings (SSSR count). The van der Waals surface area contributed by atoms with Gasteiger partial charge in [-0.3, -0.25) is 37.3 Å². The molecule has 0 aliphatic rings. The highest BCUT2D eigenvalue weighted by Gasteiger charge is 2.30. The second-order valence-corrected chi connectivity index (χ2v) is 33.5. The number of ether oxygens (including phenoxy) is 4. The van der Waals surface area contributed by atoms with Crippen molar-refractivity contribution in [3.63, 3.8) is 0 Å². The summed E-state index contributed by atoms with van der Waals surface area (Å²) in [6, 6.07) is 0. The Morgan fingerprint density at radius 1 is 0.284 bits per heavy atom. The van der Waals surface area contributed by atoms with Crippen LogP contribution in [0.5, 0.6) is 0 Å². The lowest BCUT2D eigenvalue weighted by molar-refractivity contribution is -0.161. The van der Waals surface area contributed by atoms with E-state index in [0.29, 0.717) is 31.6 Å². The number of rotatable bonds is 82. The van der Waals surface area contributed by atoms with Gasteiger partial charge in [-0.05, 0) is 37.5 Å². The number of carbonyl (C=O) groups excluding carboxylic acids is 4. The van der Waals surface area contributed by atoms with Crippen molar-refractivity contribution < 1.29 is 80.2 Å². The monoisotopic (exact) mass is 1490 g/mol. The van der Waals surface area contributed by atoms with Gasteiger partial charge in [-0.25, -0.2) is 9.13 Å². The van der Waals surface area contributed by atoms with Crippen LogP contribution in [-0.2, 0) is 65.4 Å². The fourth-order valence-corrected chi connectivity index (χ4v) is 14.4. The maximum absolute atomic E-state index is 13.1. The van der Waals surface area contributed by atoms with Crippen LogP contribution in [0.1, 0.15) is 440 Å². The van der Waals surface area contributed by atoms with Crippen molar-refractivity contribution in [2.75, 3.05) is 39.6 Å². The van der Waals surface area contributed by atoms with Crippen LogP contribution in [0.25, 0.3) is 0 Å². The van der Waals surface area contributed by atoms with Crippen molar-refractivity contribution >= 4 is 39.5 Å². The highest BCUT2D eigenvalue weighted by molar-refractivity contribution is 7.47. The number of aliphatic hydroxyl groups is 1. The Hall–Kier alpha value is -1.94. The van der Waals surface area contributed by atoms with E-state index in [0.717, 1.165) is 102 Å². The summed E-state index contributed by atoms with van der Waals surface area (Å²) in [5.41, 5.74) is 0. The van der Waals surface area contributed by atoms with Gasteiger partial charge in [0.25, 0.3) is 0 Å². The number of aliphatic hydroxyl groups excluding tert-OH is 1. The third kappa shape index (κ3) is 74.9. The number of hydrogen-bond donors (Lipinski definition) is 3. The fourth-order valence-electron chi connectivity index (χ4n) is 12.9. The Bertz CT molecular complexity index is 1960. The first kappa shape index (κ1) is 100. The van der Waals surface area contributed by atoms with Crippen molar-refractivity contribution in [2.24, 2.45) is 11.8 Å². The van der Waals surface area contributed by atoms with Gasteiger partial charge in [0.2, 0.25) is 0 Å². The van der Waals surface area contributed by atoms with Gasteiger partial charge < -0.3 is 33.8 Å². The standard InChI is InChI=1S/C83H162O17P2/c1-7-10-12-14-16-18-20-22-24-25-26-27-29-35-39-43-49-56-62-68-82(87)99-78(71-93-80(85)65-59-53-47-41-37-33-31-30-32-36-40-46-52-58-64-76(6)9-3)73-97-101(89,90)95-69-77(84)70-96-102(91,92)98-74-79(72-94-81(86)66-60-54-50-44-45-51-57-63-75(4)5)100-83(88)67-61-55-48-42-38-34-28-23-21-19-17-15-13-11-8-2/h75-79,84H,7-74H2,1-6H3,(H,89,90)(H,91,92)/t76?,77-,78-,79-/m1/s1. The van der Waals surface area contributed by atoms with Gasteiger partial charge in [0.15, 0.2) is 12.2 Å². The van der Waals surface area contributed by atoms with Gasteiger partial charge in [-0.1, -0.05) is 388 Å². The molecule has 3 unspecified atom stereocenters. The third-order valence-electron chi connectivity index (χ3n) is 19.8. The zero-order valence-corrected chi connectivity index (χ0v) is 68.7. The topological polar surface area (TPSA) is 237 Å². The van der Waals surface area contributed by atoms with Gasteiger partial charge in [0.05, 0.1) is 26.4 Å². The zero-order chi connectivity index (χ0) is 74.9. The fraction of sp³-hybridized carbons (Fsp3) is 0.952. The molecule has 6 atom stereocenters. The van der Waals surface area contributed by atoms with Crippen LogP contribution in [0.4, 0.5) is 0 Å². The van der Waals surface area contributed by atoms with Crippen molar-refractivity contribution in [2.45, 2.75) is 458 Å². The molecular weight excluding hydrogens is 1330 g/mol. The quantitative estimate of drug-likeness (QED) is 0.0222. The molecule has 0 aliphatic carbocycles. The average molecular weight is 1490 g/mol. The molecule has 19 heteroatoms. The van der Waals surface area contributed by atoms with E-state index in [4.69, 9.17) is 37.0 Å². The molecule has 0 spiro atoms. The maximum atomic E-state index is 13.1. The minimum atomic E-state index is -4.96. The van der Waals surface area contributed by atoms with Crippen LogP contribution in [-0.4, -0.2) is 96.7 Å². The van der Waals surface area contributed by atoms with Crippen LogP contribution >= 0.6 is 15.6 Å². The van der Waals surface area contributed by atoms with E-state index in [1.165, 1.54) is 250 Å².